The number of nitrogens with one attached hydrogen (secondary N) is 1. The predicted molar refractivity (Wildman–Crippen MR) is 66.0 cm³/mol. The van der Waals surface area contributed by atoms with Crippen molar-refractivity contribution in [1.82, 2.24) is 5.32 Å². The van der Waals surface area contributed by atoms with Crippen LogP contribution in [0, 0.1) is 0 Å². The Kier molecular flexibility index (Phi) is 4.52. The number of aliphatic hydroxyl groups is 1. The molecule has 0 saturated heterocycles. The van der Waals surface area contributed by atoms with Crippen LogP contribution in [0.1, 0.15) is 19.4 Å². The van der Waals surface area contributed by atoms with E-state index in [1.807, 2.05) is 24.3 Å². The highest BCUT2D eigenvalue weighted by Gasteiger charge is 2.22. The fourth-order valence-corrected chi connectivity index (χ4v) is 1.44. The molecule has 0 bridgehead atoms. The van der Waals surface area contributed by atoms with Gasteiger partial charge in [0, 0.05) is 6.54 Å². The Labute approximate surface area is 102 Å². The van der Waals surface area contributed by atoms with Crippen molar-refractivity contribution in [3.8, 4) is 5.75 Å². The number of benzene rings is 1. The Morgan fingerprint density at radius 3 is 2.65 bits per heavy atom. The predicted octanol–water partition coefficient (Wildman–Crippen LogP) is 1.12. The summed E-state index contributed by atoms with van der Waals surface area (Å²) in [6, 6.07) is 7.66. The van der Waals surface area contributed by atoms with E-state index in [1.54, 1.807) is 7.11 Å². The van der Waals surface area contributed by atoms with Crippen LogP contribution in [0.25, 0.3) is 0 Å². The molecule has 0 heterocycles. The Hall–Kier alpha value is -1.55. The average Bonchev–Trinajstić information content (AvgIpc) is 2.28. The van der Waals surface area contributed by atoms with E-state index < -0.39 is 5.60 Å². The van der Waals surface area contributed by atoms with Crippen LogP contribution < -0.4 is 10.1 Å². The summed E-state index contributed by atoms with van der Waals surface area (Å²) in [4.78, 5) is 11.4. The van der Waals surface area contributed by atoms with Crippen molar-refractivity contribution >= 4 is 5.91 Å². The first kappa shape index (κ1) is 13.5. The molecule has 1 amide bonds. The molecule has 0 spiro atoms. The highest BCUT2D eigenvalue weighted by Crippen LogP contribution is 2.17. The zero-order valence-electron chi connectivity index (χ0n) is 10.5. The minimum Gasteiger partial charge on any atom is -0.496 e. The van der Waals surface area contributed by atoms with Gasteiger partial charge >= 0.3 is 0 Å². The van der Waals surface area contributed by atoms with Crippen LogP contribution in [0.2, 0.25) is 0 Å². The molecule has 94 valence electrons. The quantitative estimate of drug-likeness (QED) is 0.807. The number of rotatable bonds is 5. The van der Waals surface area contributed by atoms with Crippen molar-refractivity contribution in [2.75, 3.05) is 13.7 Å². The van der Waals surface area contributed by atoms with Crippen molar-refractivity contribution in [2.45, 2.75) is 25.9 Å². The van der Waals surface area contributed by atoms with Gasteiger partial charge in [0.25, 0.3) is 5.91 Å². The lowest BCUT2D eigenvalue weighted by Gasteiger charge is -2.16. The van der Waals surface area contributed by atoms with Gasteiger partial charge in [0.05, 0.1) is 7.11 Å². The molecule has 0 aromatic heterocycles. The maximum atomic E-state index is 11.4. The number of hydrogen-bond donors (Lipinski definition) is 2. The SMILES string of the molecule is COc1ccccc1CCNC(=O)C(C)(C)O. The van der Waals surface area contributed by atoms with Gasteiger partial charge in [0.1, 0.15) is 11.4 Å². The van der Waals surface area contributed by atoms with Crippen molar-refractivity contribution in [3.05, 3.63) is 29.8 Å². The monoisotopic (exact) mass is 237 g/mol. The second-order valence-electron chi connectivity index (χ2n) is 4.38. The zero-order chi connectivity index (χ0) is 12.9. The van der Waals surface area contributed by atoms with E-state index in [4.69, 9.17) is 4.74 Å². The number of ether oxygens (including phenoxy) is 1. The van der Waals surface area contributed by atoms with Gasteiger partial charge < -0.3 is 15.2 Å². The summed E-state index contributed by atoms with van der Waals surface area (Å²) >= 11 is 0. The van der Waals surface area contributed by atoms with Crippen LogP contribution in [0.5, 0.6) is 5.75 Å². The second kappa shape index (κ2) is 5.68. The third-order valence-corrected chi connectivity index (χ3v) is 2.43. The first-order valence-corrected chi connectivity index (χ1v) is 5.57. The molecule has 0 atom stereocenters. The molecule has 4 nitrogen and oxygen atoms in total. The summed E-state index contributed by atoms with van der Waals surface area (Å²) in [5.41, 5.74) is -0.299. The Morgan fingerprint density at radius 2 is 2.06 bits per heavy atom. The van der Waals surface area contributed by atoms with E-state index >= 15 is 0 Å². The molecule has 0 unspecified atom stereocenters. The summed E-state index contributed by atoms with van der Waals surface area (Å²) in [6.45, 7) is 3.40. The van der Waals surface area contributed by atoms with E-state index in [-0.39, 0.29) is 5.91 Å². The molecular weight excluding hydrogens is 218 g/mol. The molecule has 2 N–H and O–H groups in total. The maximum absolute atomic E-state index is 11.4. The molecule has 1 aromatic rings. The van der Waals surface area contributed by atoms with Crippen LogP contribution in [0.4, 0.5) is 0 Å². The average molecular weight is 237 g/mol. The smallest absolute Gasteiger partial charge is 0.251 e. The first-order chi connectivity index (χ1) is 7.95. The molecule has 0 aliphatic rings. The second-order valence-corrected chi connectivity index (χ2v) is 4.38. The minimum atomic E-state index is -1.33. The van der Waals surface area contributed by atoms with E-state index in [2.05, 4.69) is 5.32 Å². The van der Waals surface area contributed by atoms with E-state index in [1.165, 1.54) is 13.8 Å². The molecular formula is C13H19NO3. The van der Waals surface area contributed by atoms with Crippen LogP contribution >= 0.6 is 0 Å². The van der Waals surface area contributed by atoms with Gasteiger partial charge in [-0.3, -0.25) is 4.79 Å². The first-order valence-electron chi connectivity index (χ1n) is 5.57. The molecule has 0 fully saturated rings. The van der Waals surface area contributed by atoms with Crippen molar-refractivity contribution < 1.29 is 14.6 Å². The number of amides is 1. The van der Waals surface area contributed by atoms with Crippen LogP contribution in [-0.4, -0.2) is 30.3 Å². The van der Waals surface area contributed by atoms with Crippen molar-refractivity contribution in [2.24, 2.45) is 0 Å². The molecule has 0 saturated carbocycles. The number of para-hydroxylation sites is 1. The highest BCUT2D eigenvalue weighted by atomic mass is 16.5. The summed E-state index contributed by atoms with van der Waals surface area (Å²) in [5, 5.41) is 12.1. The lowest BCUT2D eigenvalue weighted by Crippen LogP contribution is -2.42. The number of carbonyl (C=O) groups is 1. The topological polar surface area (TPSA) is 58.6 Å². The van der Waals surface area contributed by atoms with E-state index in [9.17, 15) is 9.90 Å². The lowest BCUT2D eigenvalue weighted by molar-refractivity contribution is -0.136. The van der Waals surface area contributed by atoms with Crippen molar-refractivity contribution in [1.29, 1.82) is 0 Å². The Bertz CT molecular complexity index is 382. The number of hydrogen-bond acceptors (Lipinski definition) is 3. The summed E-state index contributed by atoms with van der Waals surface area (Å²) in [7, 11) is 1.62. The standard InChI is InChI=1S/C13H19NO3/c1-13(2,16)12(15)14-9-8-10-6-4-5-7-11(10)17-3/h4-7,16H,8-9H2,1-3H3,(H,14,15). The zero-order valence-corrected chi connectivity index (χ0v) is 10.5. The maximum Gasteiger partial charge on any atom is 0.251 e. The third-order valence-electron chi connectivity index (χ3n) is 2.43. The van der Waals surface area contributed by atoms with E-state index in [0.717, 1.165) is 11.3 Å². The number of methoxy groups -OCH3 is 1. The third kappa shape index (κ3) is 4.07. The molecule has 17 heavy (non-hydrogen) atoms. The molecule has 0 aliphatic carbocycles. The Balaban J connectivity index is 2.49. The molecule has 1 aromatic carbocycles. The Morgan fingerprint density at radius 1 is 1.41 bits per heavy atom. The largest absolute Gasteiger partial charge is 0.496 e. The molecule has 0 radical (unpaired) electrons. The lowest BCUT2D eigenvalue weighted by atomic mass is 10.1. The normalized spacial score (nSPS) is 11.1. The summed E-state index contributed by atoms with van der Waals surface area (Å²) in [5.74, 6) is 0.442. The van der Waals surface area contributed by atoms with Gasteiger partial charge in [-0.15, -0.1) is 0 Å². The molecule has 0 aliphatic heterocycles. The van der Waals surface area contributed by atoms with Crippen LogP contribution in [-0.2, 0) is 11.2 Å². The van der Waals surface area contributed by atoms with Gasteiger partial charge in [0.15, 0.2) is 0 Å². The van der Waals surface area contributed by atoms with Crippen molar-refractivity contribution in [3.63, 3.8) is 0 Å². The van der Waals surface area contributed by atoms with Gasteiger partial charge in [0.2, 0.25) is 0 Å². The van der Waals surface area contributed by atoms with Gasteiger partial charge in [-0.05, 0) is 31.9 Å². The molecule has 1 rings (SSSR count). The number of carbonyl (C=O) groups excluding carboxylic acids is 1. The van der Waals surface area contributed by atoms with Gasteiger partial charge in [-0.25, -0.2) is 0 Å². The fourth-order valence-electron chi connectivity index (χ4n) is 1.44. The summed E-state index contributed by atoms with van der Waals surface area (Å²) in [6.07, 6.45) is 0.672. The minimum absolute atomic E-state index is 0.368. The van der Waals surface area contributed by atoms with E-state index in [0.29, 0.717) is 13.0 Å². The fraction of sp³-hybridized carbons (Fsp3) is 0.462. The highest BCUT2D eigenvalue weighted by molar-refractivity contribution is 5.83. The molecule has 4 heteroatoms. The summed E-state index contributed by atoms with van der Waals surface area (Å²) < 4.78 is 5.21. The van der Waals surface area contributed by atoms with Crippen LogP contribution in [0.15, 0.2) is 24.3 Å². The van der Waals surface area contributed by atoms with Crippen LogP contribution in [0.3, 0.4) is 0 Å². The van der Waals surface area contributed by atoms with Gasteiger partial charge in [-0.2, -0.15) is 0 Å². The van der Waals surface area contributed by atoms with Gasteiger partial charge in [-0.1, -0.05) is 18.2 Å².